The van der Waals surface area contributed by atoms with Crippen LogP contribution in [0.4, 0.5) is 0 Å². The molecular formula is C19H26N2O2. The Bertz CT molecular complexity index is 687. The molecule has 2 N–H and O–H groups in total. The molecule has 1 aromatic carbocycles. The Morgan fingerprint density at radius 3 is 2.43 bits per heavy atom. The van der Waals surface area contributed by atoms with Crippen LogP contribution in [0.5, 0.6) is 0 Å². The standard InChI is InChI=1S/C19H26N2O2/c1-13-11-17(18(23)20-19(4,5)12-22)15(3)21(13)14(2)16-9-7-6-8-10-16/h6-11,14,22H,12H2,1-5H3,(H,20,23). The molecule has 0 aliphatic rings. The highest BCUT2D eigenvalue weighted by Gasteiger charge is 2.24. The molecule has 0 saturated heterocycles. The molecule has 4 heteroatoms. The van der Waals surface area contributed by atoms with Gasteiger partial charge in [0.05, 0.1) is 23.8 Å². The van der Waals surface area contributed by atoms with Gasteiger partial charge in [-0.25, -0.2) is 0 Å². The lowest BCUT2D eigenvalue weighted by molar-refractivity contribution is 0.0868. The molecule has 23 heavy (non-hydrogen) atoms. The second kappa shape index (κ2) is 6.59. The van der Waals surface area contributed by atoms with Crippen molar-refractivity contribution < 1.29 is 9.90 Å². The third-order valence-electron chi connectivity index (χ3n) is 4.25. The van der Waals surface area contributed by atoms with E-state index in [1.165, 1.54) is 5.56 Å². The Kier molecular flexibility index (Phi) is 4.95. The van der Waals surface area contributed by atoms with E-state index in [4.69, 9.17) is 0 Å². The van der Waals surface area contributed by atoms with Crippen LogP contribution in [0.2, 0.25) is 0 Å². The van der Waals surface area contributed by atoms with Crippen LogP contribution < -0.4 is 5.32 Å². The van der Waals surface area contributed by atoms with Gasteiger partial charge in [-0.05, 0) is 46.2 Å². The normalized spacial score (nSPS) is 13.0. The van der Waals surface area contributed by atoms with Gasteiger partial charge in [-0.1, -0.05) is 30.3 Å². The van der Waals surface area contributed by atoms with Crippen molar-refractivity contribution in [2.45, 2.75) is 46.2 Å². The number of hydrogen-bond acceptors (Lipinski definition) is 2. The van der Waals surface area contributed by atoms with Crippen LogP contribution in [0.25, 0.3) is 0 Å². The molecule has 1 atom stereocenters. The second-order valence-electron chi connectivity index (χ2n) is 6.74. The van der Waals surface area contributed by atoms with Crippen molar-refractivity contribution in [3.63, 3.8) is 0 Å². The van der Waals surface area contributed by atoms with E-state index in [2.05, 4.69) is 28.9 Å². The number of aromatic nitrogens is 1. The monoisotopic (exact) mass is 314 g/mol. The average molecular weight is 314 g/mol. The van der Waals surface area contributed by atoms with Gasteiger partial charge in [0.25, 0.3) is 5.91 Å². The highest BCUT2D eigenvalue weighted by Crippen LogP contribution is 2.25. The number of carbonyl (C=O) groups is 1. The van der Waals surface area contributed by atoms with E-state index >= 15 is 0 Å². The number of aryl methyl sites for hydroxylation is 1. The third kappa shape index (κ3) is 3.64. The molecule has 1 aromatic heterocycles. The predicted octanol–water partition coefficient (Wildman–Crippen LogP) is 3.21. The number of nitrogens with one attached hydrogen (secondary N) is 1. The molecule has 0 saturated carbocycles. The molecule has 1 amide bonds. The minimum absolute atomic E-state index is 0.0993. The summed E-state index contributed by atoms with van der Waals surface area (Å²) in [7, 11) is 0. The SMILES string of the molecule is Cc1cc(C(=O)NC(C)(C)CO)c(C)n1C(C)c1ccccc1. The van der Waals surface area contributed by atoms with Crippen LogP contribution in [0, 0.1) is 13.8 Å². The van der Waals surface area contributed by atoms with Gasteiger partial charge in [-0.2, -0.15) is 0 Å². The van der Waals surface area contributed by atoms with Gasteiger partial charge in [0.1, 0.15) is 0 Å². The largest absolute Gasteiger partial charge is 0.394 e. The minimum atomic E-state index is -0.634. The number of rotatable bonds is 5. The summed E-state index contributed by atoms with van der Waals surface area (Å²) >= 11 is 0. The van der Waals surface area contributed by atoms with Gasteiger partial charge in [0.15, 0.2) is 0 Å². The van der Waals surface area contributed by atoms with E-state index in [0.717, 1.165) is 11.4 Å². The Morgan fingerprint density at radius 1 is 1.26 bits per heavy atom. The molecule has 0 fully saturated rings. The first kappa shape index (κ1) is 17.3. The topological polar surface area (TPSA) is 54.3 Å². The number of nitrogens with zero attached hydrogens (tertiary/aromatic N) is 1. The predicted molar refractivity (Wildman–Crippen MR) is 92.8 cm³/mol. The highest BCUT2D eigenvalue weighted by atomic mass is 16.3. The molecule has 0 aliphatic carbocycles. The fourth-order valence-corrected chi connectivity index (χ4v) is 2.90. The van der Waals surface area contributed by atoms with E-state index in [-0.39, 0.29) is 18.6 Å². The molecule has 4 nitrogen and oxygen atoms in total. The summed E-state index contributed by atoms with van der Waals surface area (Å²) in [5.74, 6) is -0.149. The van der Waals surface area contributed by atoms with Crippen LogP contribution in [0.3, 0.4) is 0 Å². The Morgan fingerprint density at radius 2 is 1.87 bits per heavy atom. The average Bonchev–Trinajstić information content (AvgIpc) is 2.82. The first-order valence-corrected chi connectivity index (χ1v) is 7.93. The van der Waals surface area contributed by atoms with Crippen molar-refractivity contribution in [2.24, 2.45) is 0 Å². The number of amides is 1. The summed E-state index contributed by atoms with van der Waals surface area (Å²) in [6.45, 7) is 9.62. The number of hydrogen-bond donors (Lipinski definition) is 2. The molecule has 0 radical (unpaired) electrons. The molecule has 0 spiro atoms. The maximum Gasteiger partial charge on any atom is 0.253 e. The lowest BCUT2D eigenvalue weighted by Gasteiger charge is -2.23. The van der Waals surface area contributed by atoms with Crippen molar-refractivity contribution in [1.82, 2.24) is 9.88 Å². The van der Waals surface area contributed by atoms with Crippen LogP contribution in [-0.2, 0) is 0 Å². The maximum absolute atomic E-state index is 12.5. The van der Waals surface area contributed by atoms with E-state index < -0.39 is 5.54 Å². The Hall–Kier alpha value is -2.07. The van der Waals surface area contributed by atoms with Gasteiger partial charge in [0, 0.05) is 11.4 Å². The van der Waals surface area contributed by atoms with Gasteiger partial charge < -0.3 is 15.0 Å². The quantitative estimate of drug-likeness (QED) is 0.890. The molecule has 1 unspecified atom stereocenters. The molecule has 2 rings (SSSR count). The van der Waals surface area contributed by atoms with Crippen LogP contribution in [0.1, 0.15) is 54.1 Å². The molecule has 0 bridgehead atoms. The summed E-state index contributed by atoms with van der Waals surface area (Å²) in [6.07, 6.45) is 0. The summed E-state index contributed by atoms with van der Waals surface area (Å²) in [6, 6.07) is 12.3. The van der Waals surface area contributed by atoms with E-state index in [0.29, 0.717) is 5.56 Å². The lowest BCUT2D eigenvalue weighted by atomic mass is 10.1. The minimum Gasteiger partial charge on any atom is -0.394 e. The summed E-state index contributed by atoms with van der Waals surface area (Å²) < 4.78 is 2.18. The third-order valence-corrected chi connectivity index (χ3v) is 4.25. The first-order valence-electron chi connectivity index (χ1n) is 7.93. The van der Waals surface area contributed by atoms with Crippen molar-refractivity contribution in [3.8, 4) is 0 Å². The van der Waals surface area contributed by atoms with Crippen LogP contribution in [0.15, 0.2) is 36.4 Å². The molecule has 0 aliphatic heterocycles. The Balaban J connectivity index is 2.35. The van der Waals surface area contributed by atoms with Crippen LogP contribution in [-0.4, -0.2) is 27.7 Å². The lowest BCUT2D eigenvalue weighted by Crippen LogP contribution is -2.46. The number of carbonyl (C=O) groups excluding carboxylic acids is 1. The number of benzene rings is 1. The molecular weight excluding hydrogens is 288 g/mol. The number of aliphatic hydroxyl groups is 1. The Labute approximate surface area is 138 Å². The maximum atomic E-state index is 12.5. The fraction of sp³-hybridized carbons (Fsp3) is 0.421. The van der Waals surface area contributed by atoms with Gasteiger partial charge >= 0.3 is 0 Å². The van der Waals surface area contributed by atoms with Crippen LogP contribution >= 0.6 is 0 Å². The molecule has 124 valence electrons. The van der Waals surface area contributed by atoms with E-state index in [9.17, 15) is 9.90 Å². The van der Waals surface area contributed by atoms with Crippen molar-refractivity contribution in [2.75, 3.05) is 6.61 Å². The number of aliphatic hydroxyl groups excluding tert-OH is 1. The summed E-state index contributed by atoms with van der Waals surface area (Å²) in [5.41, 5.74) is 3.21. The van der Waals surface area contributed by atoms with E-state index in [1.807, 2.05) is 38.1 Å². The summed E-state index contributed by atoms with van der Waals surface area (Å²) in [4.78, 5) is 12.5. The summed E-state index contributed by atoms with van der Waals surface area (Å²) in [5, 5.41) is 12.2. The van der Waals surface area contributed by atoms with Gasteiger partial charge in [0.2, 0.25) is 0 Å². The highest BCUT2D eigenvalue weighted by molar-refractivity contribution is 5.96. The molecule has 1 heterocycles. The zero-order chi connectivity index (χ0) is 17.2. The fourth-order valence-electron chi connectivity index (χ4n) is 2.90. The van der Waals surface area contributed by atoms with Gasteiger partial charge in [-0.3, -0.25) is 4.79 Å². The smallest absolute Gasteiger partial charge is 0.253 e. The van der Waals surface area contributed by atoms with Gasteiger partial charge in [-0.15, -0.1) is 0 Å². The second-order valence-corrected chi connectivity index (χ2v) is 6.74. The van der Waals surface area contributed by atoms with Crippen molar-refractivity contribution >= 4 is 5.91 Å². The zero-order valence-corrected chi connectivity index (χ0v) is 14.6. The van der Waals surface area contributed by atoms with E-state index in [1.54, 1.807) is 13.8 Å². The zero-order valence-electron chi connectivity index (χ0n) is 14.6. The van der Waals surface area contributed by atoms with Crippen molar-refractivity contribution in [3.05, 3.63) is 58.9 Å². The molecule has 2 aromatic rings. The first-order chi connectivity index (χ1) is 10.8. The van der Waals surface area contributed by atoms with Crippen molar-refractivity contribution in [1.29, 1.82) is 0 Å².